The molecule has 1 aliphatic heterocycles. The first-order valence-corrected chi connectivity index (χ1v) is 5.30. The van der Waals surface area contributed by atoms with Gasteiger partial charge in [0.1, 0.15) is 0 Å². The maximum absolute atomic E-state index is 3.85. The van der Waals surface area contributed by atoms with Gasteiger partial charge < -0.3 is 5.32 Å². The van der Waals surface area contributed by atoms with E-state index < -0.39 is 0 Å². The van der Waals surface area contributed by atoms with Crippen molar-refractivity contribution >= 4 is 11.8 Å². The molecule has 1 fully saturated rings. The van der Waals surface area contributed by atoms with Crippen molar-refractivity contribution in [1.29, 1.82) is 0 Å². The van der Waals surface area contributed by atoms with Crippen molar-refractivity contribution in [2.75, 3.05) is 18.8 Å². The number of hydrogen-bond acceptors (Lipinski definition) is 2. The lowest BCUT2D eigenvalue weighted by Gasteiger charge is -2.09. The Balaban J connectivity index is 1.98. The maximum Gasteiger partial charge on any atom is 0.0172 e. The predicted molar refractivity (Wildman–Crippen MR) is 53.2 cm³/mol. The Bertz CT molecular complexity index is 128. The minimum atomic E-state index is 0.870. The van der Waals surface area contributed by atoms with Crippen LogP contribution in [0.2, 0.25) is 0 Å². The van der Waals surface area contributed by atoms with E-state index in [1.54, 1.807) is 0 Å². The molecule has 1 unspecified atom stereocenters. The van der Waals surface area contributed by atoms with Gasteiger partial charge in [0.15, 0.2) is 0 Å². The van der Waals surface area contributed by atoms with Crippen LogP contribution in [0.25, 0.3) is 0 Å². The third-order valence-electron chi connectivity index (χ3n) is 1.82. The van der Waals surface area contributed by atoms with Crippen LogP contribution in [0.1, 0.15) is 19.8 Å². The van der Waals surface area contributed by atoms with Crippen LogP contribution in [-0.4, -0.2) is 24.1 Å². The highest BCUT2D eigenvalue weighted by atomic mass is 32.2. The van der Waals surface area contributed by atoms with Crippen LogP contribution in [0, 0.1) is 0 Å². The molecule has 1 aliphatic rings. The van der Waals surface area contributed by atoms with Crippen molar-refractivity contribution in [3.05, 3.63) is 12.2 Å². The van der Waals surface area contributed by atoms with Gasteiger partial charge in [-0.1, -0.05) is 12.2 Å². The van der Waals surface area contributed by atoms with Crippen LogP contribution >= 0.6 is 11.8 Å². The van der Waals surface area contributed by atoms with Crippen LogP contribution in [0.15, 0.2) is 12.2 Å². The highest BCUT2D eigenvalue weighted by Crippen LogP contribution is 2.25. The number of thioether (sulfide) groups is 1. The minimum absolute atomic E-state index is 0.870. The van der Waals surface area contributed by atoms with E-state index in [9.17, 15) is 0 Å². The fraction of sp³-hybridized carbons (Fsp3) is 0.778. The zero-order valence-corrected chi connectivity index (χ0v) is 8.04. The largest absolute Gasteiger partial charge is 0.312 e. The Morgan fingerprint density at radius 1 is 1.73 bits per heavy atom. The maximum atomic E-state index is 3.85. The minimum Gasteiger partial charge on any atom is -0.312 e. The Hall–Kier alpha value is 0.0500. The summed E-state index contributed by atoms with van der Waals surface area (Å²) in [5, 5.41) is 4.28. The zero-order chi connectivity index (χ0) is 8.10. The van der Waals surface area contributed by atoms with E-state index in [1.807, 2.05) is 0 Å². The SMILES string of the molecule is C=C(C)CNCC1CCCS1. The summed E-state index contributed by atoms with van der Waals surface area (Å²) in [6.45, 7) is 8.06. The van der Waals surface area contributed by atoms with E-state index in [0.29, 0.717) is 0 Å². The van der Waals surface area contributed by atoms with Gasteiger partial charge in [0, 0.05) is 18.3 Å². The molecule has 0 aromatic carbocycles. The van der Waals surface area contributed by atoms with Crippen LogP contribution in [0.4, 0.5) is 0 Å². The molecule has 0 spiro atoms. The summed E-state index contributed by atoms with van der Waals surface area (Å²) in [4.78, 5) is 0. The van der Waals surface area contributed by atoms with Gasteiger partial charge in [-0.25, -0.2) is 0 Å². The van der Waals surface area contributed by atoms with E-state index in [-0.39, 0.29) is 0 Å². The first-order chi connectivity index (χ1) is 5.29. The third-order valence-corrected chi connectivity index (χ3v) is 3.22. The Morgan fingerprint density at radius 2 is 2.55 bits per heavy atom. The molecule has 0 bridgehead atoms. The highest BCUT2D eigenvalue weighted by Gasteiger charge is 2.14. The van der Waals surface area contributed by atoms with E-state index in [4.69, 9.17) is 0 Å². The molecule has 11 heavy (non-hydrogen) atoms. The molecule has 2 heteroatoms. The second kappa shape index (κ2) is 4.83. The molecule has 1 heterocycles. The molecule has 1 atom stereocenters. The molecule has 1 rings (SSSR count). The normalized spacial score (nSPS) is 23.9. The van der Waals surface area contributed by atoms with Gasteiger partial charge in [-0.15, -0.1) is 0 Å². The second-order valence-electron chi connectivity index (χ2n) is 3.22. The van der Waals surface area contributed by atoms with Gasteiger partial charge in [0.05, 0.1) is 0 Å². The second-order valence-corrected chi connectivity index (χ2v) is 4.63. The molecule has 1 N–H and O–H groups in total. The lowest BCUT2D eigenvalue weighted by Crippen LogP contribution is -2.24. The zero-order valence-electron chi connectivity index (χ0n) is 7.23. The average molecular weight is 171 g/mol. The Morgan fingerprint density at radius 3 is 3.09 bits per heavy atom. The highest BCUT2D eigenvalue weighted by molar-refractivity contribution is 8.00. The molecule has 0 saturated carbocycles. The summed E-state index contributed by atoms with van der Waals surface area (Å²) in [6.07, 6.45) is 2.80. The van der Waals surface area contributed by atoms with Crippen molar-refractivity contribution in [3.8, 4) is 0 Å². The first kappa shape index (κ1) is 9.14. The molecule has 0 aliphatic carbocycles. The van der Waals surface area contributed by atoms with Gasteiger partial charge in [-0.3, -0.25) is 0 Å². The van der Waals surface area contributed by atoms with E-state index in [1.165, 1.54) is 24.2 Å². The molecular formula is C9H17NS. The van der Waals surface area contributed by atoms with Gasteiger partial charge in [0.2, 0.25) is 0 Å². The molecule has 0 radical (unpaired) electrons. The van der Waals surface area contributed by atoms with Crippen molar-refractivity contribution in [2.24, 2.45) is 0 Å². The number of rotatable bonds is 4. The summed E-state index contributed by atoms with van der Waals surface area (Å²) >= 11 is 2.10. The summed E-state index contributed by atoms with van der Waals surface area (Å²) < 4.78 is 0. The molecule has 1 nitrogen and oxygen atoms in total. The van der Waals surface area contributed by atoms with E-state index in [2.05, 4.69) is 30.6 Å². The summed E-state index contributed by atoms with van der Waals surface area (Å²) in [6, 6.07) is 0. The first-order valence-electron chi connectivity index (χ1n) is 4.26. The molecular weight excluding hydrogens is 154 g/mol. The fourth-order valence-corrected chi connectivity index (χ4v) is 2.49. The standard InChI is InChI=1S/C9H17NS/c1-8(2)6-10-7-9-4-3-5-11-9/h9-10H,1,3-7H2,2H3. The monoisotopic (exact) mass is 171 g/mol. The Labute approximate surface area is 73.6 Å². The predicted octanol–water partition coefficient (Wildman–Crippen LogP) is 2.05. The number of hydrogen-bond donors (Lipinski definition) is 1. The van der Waals surface area contributed by atoms with E-state index in [0.717, 1.165) is 18.3 Å². The topological polar surface area (TPSA) is 12.0 Å². The van der Waals surface area contributed by atoms with Gasteiger partial charge in [-0.05, 0) is 25.5 Å². The smallest absolute Gasteiger partial charge is 0.0172 e. The van der Waals surface area contributed by atoms with Crippen LogP contribution < -0.4 is 5.32 Å². The van der Waals surface area contributed by atoms with E-state index >= 15 is 0 Å². The van der Waals surface area contributed by atoms with Crippen molar-refractivity contribution < 1.29 is 0 Å². The lowest BCUT2D eigenvalue weighted by molar-refractivity contribution is 0.675. The molecule has 0 aromatic rings. The van der Waals surface area contributed by atoms with Crippen molar-refractivity contribution in [1.82, 2.24) is 5.32 Å². The van der Waals surface area contributed by atoms with Crippen molar-refractivity contribution in [2.45, 2.75) is 25.0 Å². The molecule has 64 valence electrons. The van der Waals surface area contributed by atoms with Gasteiger partial charge in [-0.2, -0.15) is 11.8 Å². The van der Waals surface area contributed by atoms with Gasteiger partial charge >= 0.3 is 0 Å². The van der Waals surface area contributed by atoms with Crippen LogP contribution in [0.3, 0.4) is 0 Å². The molecule has 0 aromatic heterocycles. The third kappa shape index (κ3) is 3.82. The average Bonchev–Trinajstić information content (AvgIpc) is 2.39. The van der Waals surface area contributed by atoms with Crippen LogP contribution in [0.5, 0.6) is 0 Å². The van der Waals surface area contributed by atoms with Gasteiger partial charge in [0.25, 0.3) is 0 Å². The lowest BCUT2D eigenvalue weighted by atomic mass is 10.2. The summed E-state index contributed by atoms with van der Waals surface area (Å²) in [5.74, 6) is 1.36. The molecule has 0 amide bonds. The van der Waals surface area contributed by atoms with Crippen molar-refractivity contribution in [3.63, 3.8) is 0 Å². The fourth-order valence-electron chi connectivity index (χ4n) is 1.25. The van der Waals surface area contributed by atoms with Crippen LogP contribution in [-0.2, 0) is 0 Å². The Kier molecular flexibility index (Phi) is 4.02. The molecule has 1 saturated heterocycles. The summed E-state index contributed by atoms with van der Waals surface area (Å²) in [5.41, 5.74) is 1.23. The summed E-state index contributed by atoms with van der Waals surface area (Å²) in [7, 11) is 0. The quantitative estimate of drug-likeness (QED) is 0.650. The number of nitrogens with one attached hydrogen (secondary N) is 1.